The van der Waals surface area contributed by atoms with Gasteiger partial charge in [0.25, 0.3) is 5.91 Å². The van der Waals surface area contributed by atoms with Crippen molar-refractivity contribution in [2.45, 2.75) is 32.7 Å². The first-order chi connectivity index (χ1) is 12.1. The number of nitrogens with zero attached hydrogens (tertiary/aromatic N) is 1. The summed E-state index contributed by atoms with van der Waals surface area (Å²) in [4.78, 5) is 27.3. The van der Waals surface area contributed by atoms with Crippen molar-refractivity contribution in [3.05, 3.63) is 54.4 Å². The highest BCUT2D eigenvalue weighted by Crippen LogP contribution is 2.15. The van der Waals surface area contributed by atoms with Gasteiger partial charge in [0.15, 0.2) is 6.61 Å². The number of anilines is 1. The molecule has 1 heterocycles. The third-order valence-electron chi connectivity index (χ3n) is 3.53. The summed E-state index contributed by atoms with van der Waals surface area (Å²) in [6, 6.07) is 10.8. The van der Waals surface area contributed by atoms with E-state index in [2.05, 4.69) is 15.6 Å². The van der Waals surface area contributed by atoms with Crippen molar-refractivity contribution in [2.24, 2.45) is 0 Å². The van der Waals surface area contributed by atoms with Crippen molar-refractivity contribution in [1.29, 1.82) is 0 Å². The number of hydrogen-bond acceptors (Lipinski definition) is 4. The number of pyridine rings is 1. The van der Waals surface area contributed by atoms with Gasteiger partial charge in [0.2, 0.25) is 5.91 Å². The van der Waals surface area contributed by atoms with Crippen molar-refractivity contribution in [1.82, 2.24) is 10.3 Å². The van der Waals surface area contributed by atoms with Crippen LogP contribution in [0.25, 0.3) is 0 Å². The summed E-state index contributed by atoms with van der Waals surface area (Å²) in [7, 11) is 0. The highest BCUT2D eigenvalue weighted by molar-refractivity contribution is 5.90. The third kappa shape index (κ3) is 6.63. The van der Waals surface area contributed by atoms with Crippen molar-refractivity contribution in [2.75, 3.05) is 11.9 Å². The molecular weight excluding hydrogens is 318 g/mol. The minimum atomic E-state index is -0.176. The molecule has 2 amide bonds. The third-order valence-corrected chi connectivity index (χ3v) is 3.53. The average Bonchev–Trinajstić information content (AvgIpc) is 2.61. The SMILES string of the molecule is CCC(=O)Nc1ccc(OCC(=O)NC(C)Cc2ccncc2)cc1. The van der Waals surface area contributed by atoms with Crippen molar-refractivity contribution in [3.8, 4) is 5.75 Å². The number of carbonyl (C=O) groups excluding carboxylic acids is 2. The molecule has 2 aromatic rings. The van der Waals surface area contributed by atoms with Crippen LogP contribution in [0.15, 0.2) is 48.8 Å². The smallest absolute Gasteiger partial charge is 0.258 e. The first kappa shape index (κ1) is 18.4. The molecular formula is C19H23N3O3. The van der Waals surface area contributed by atoms with Crippen LogP contribution in [0.4, 0.5) is 5.69 Å². The number of amides is 2. The van der Waals surface area contributed by atoms with Crippen molar-refractivity contribution in [3.63, 3.8) is 0 Å². The fourth-order valence-electron chi connectivity index (χ4n) is 2.27. The van der Waals surface area contributed by atoms with Gasteiger partial charge in [0, 0.05) is 30.5 Å². The van der Waals surface area contributed by atoms with Crippen LogP contribution >= 0.6 is 0 Å². The lowest BCUT2D eigenvalue weighted by Gasteiger charge is -2.14. The highest BCUT2D eigenvalue weighted by atomic mass is 16.5. The summed E-state index contributed by atoms with van der Waals surface area (Å²) in [5, 5.41) is 5.66. The highest BCUT2D eigenvalue weighted by Gasteiger charge is 2.09. The van der Waals surface area contributed by atoms with Gasteiger partial charge >= 0.3 is 0 Å². The zero-order valence-electron chi connectivity index (χ0n) is 14.5. The van der Waals surface area contributed by atoms with Gasteiger partial charge in [0.1, 0.15) is 5.75 Å². The van der Waals surface area contributed by atoms with Crippen molar-refractivity contribution >= 4 is 17.5 Å². The standard InChI is InChI=1S/C19H23N3O3/c1-3-18(23)22-16-4-6-17(7-5-16)25-13-19(24)21-14(2)12-15-8-10-20-11-9-15/h4-11,14H,3,12-13H2,1-2H3,(H,21,24)(H,22,23). The van der Waals surface area contributed by atoms with Crippen LogP contribution in [-0.4, -0.2) is 29.4 Å². The van der Waals surface area contributed by atoms with Crippen LogP contribution in [0.2, 0.25) is 0 Å². The molecule has 0 spiro atoms. The van der Waals surface area contributed by atoms with E-state index in [0.717, 1.165) is 12.0 Å². The second kappa shape index (κ2) is 9.42. The minimum absolute atomic E-state index is 0.00475. The molecule has 0 fully saturated rings. The lowest BCUT2D eigenvalue weighted by Crippen LogP contribution is -2.37. The van der Waals surface area contributed by atoms with Gasteiger partial charge in [-0.2, -0.15) is 0 Å². The molecule has 1 aromatic carbocycles. The molecule has 6 nitrogen and oxygen atoms in total. The number of benzene rings is 1. The van der Waals surface area contributed by atoms with Gasteiger partial charge in [-0.1, -0.05) is 6.92 Å². The number of rotatable bonds is 8. The van der Waals surface area contributed by atoms with E-state index >= 15 is 0 Å². The first-order valence-electron chi connectivity index (χ1n) is 8.27. The second-order valence-corrected chi connectivity index (χ2v) is 5.74. The van der Waals surface area contributed by atoms with E-state index in [1.54, 1.807) is 43.6 Å². The first-order valence-corrected chi connectivity index (χ1v) is 8.27. The largest absolute Gasteiger partial charge is 0.484 e. The molecule has 0 bridgehead atoms. The second-order valence-electron chi connectivity index (χ2n) is 5.74. The Kier molecular flexibility index (Phi) is 6.95. The molecule has 0 saturated heterocycles. The molecule has 25 heavy (non-hydrogen) atoms. The molecule has 1 aromatic heterocycles. The number of ether oxygens (including phenoxy) is 1. The molecule has 0 saturated carbocycles. The van der Waals surface area contributed by atoms with E-state index in [9.17, 15) is 9.59 Å². The van der Waals surface area contributed by atoms with Gasteiger partial charge in [-0.3, -0.25) is 14.6 Å². The van der Waals surface area contributed by atoms with E-state index in [0.29, 0.717) is 17.9 Å². The van der Waals surface area contributed by atoms with Gasteiger partial charge in [0.05, 0.1) is 0 Å². The summed E-state index contributed by atoms with van der Waals surface area (Å²) >= 11 is 0. The Morgan fingerprint density at radius 1 is 1.08 bits per heavy atom. The Bertz CT molecular complexity index is 687. The van der Waals surface area contributed by atoms with Gasteiger partial charge in [-0.25, -0.2) is 0 Å². The molecule has 0 aliphatic heterocycles. The van der Waals surface area contributed by atoms with Gasteiger partial charge in [-0.05, 0) is 55.3 Å². The number of carbonyl (C=O) groups is 2. The van der Waals surface area contributed by atoms with E-state index in [1.165, 1.54) is 0 Å². The van der Waals surface area contributed by atoms with Crippen LogP contribution in [0.3, 0.4) is 0 Å². The maximum absolute atomic E-state index is 12.0. The fourth-order valence-corrected chi connectivity index (χ4v) is 2.27. The number of nitrogens with one attached hydrogen (secondary N) is 2. The Morgan fingerprint density at radius 3 is 2.40 bits per heavy atom. The Morgan fingerprint density at radius 2 is 1.76 bits per heavy atom. The maximum Gasteiger partial charge on any atom is 0.258 e. The van der Waals surface area contributed by atoms with E-state index in [-0.39, 0.29) is 24.5 Å². The average molecular weight is 341 g/mol. The van der Waals surface area contributed by atoms with Crippen molar-refractivity contribution < 1.29 is 14.3 Å². The topological polar surface area (TPSA) is 80.3 Å². The lowest BCUT2D eigenvalue weighted by atomic mass is 10.1. The van der Waals surface area contributed by atoms with Crippen LogP contribution < -0.4 is 15.4 Å². The Hall–Kier alpha value is -2.89. The fraction of sp³-hybridized carbons (Fsp3) is 0.316. The molecule has 1 unspecified atom stereocenters. The molecule has 0 aliphatic rings. The van der Waals surface area contributed by atoms with E-state index < -0.39 is 0 Å². The molecule has 0 radical (unpaired) electrons. The predicted octanol–water partition coefficient (Wildman–Crippen LogP) is 2.56. The quantitative estimate of drug-likeness (QED) is 0.773. The Labute approximate surface area is 147 Å². The zero-order chi connectivity index (χ0) is 18.1. The van der Waals surface area contributed by atoms with Crippen LogP contribution in [0, 0.1) is 0 Å². The molecule has 0 aliphatic carbocycles. The monoisotopic (exact) mass is 341 g/mol. The number of hydrogen-bond donors (Lipinski definition) is 2. The van der Waals surface area contributed by atoms with Gasteiger partial charge in [-0.15, -0.1) is 0 Å². The molecule has 6 heteroatoms. The molecule has 2 rings (SSSR count). The van der Waals surface area contributed by atoms with Gasteiger partial charge < -0.3 is 15.4 Å². The van der Waals surface area contributed by atoms with Crippen LogP contribution in [-0.2, 0) is 16.0 Å². The zero-order valence-corrected chi connectivity index (χ0v) is 14.5. The number of aromatic nitrogens is 1. The molecule has 1 atom stereocenters. The predicted molar refractivity (Wildman–Crippen MR) is 96.4 cm³/mol. The minimum Gasteiger partial charge on any atom is -0.484 e. The normalized spacial score (nSPS) is 11.4. The van der Waals surface area contributed by atoms with E-state index in [1.807, 2.05) is 19.1 Å². The molecule has 132 valence electrons. The van der Waals surface area contributed by atoms with Crippen LogP contribution in [0.1, 0.15) is 25.8 Å². The summed E-state index contributed by atoms with van der Waals surface area (Å²) < 4.78 is 5.47. The van der Waals surface area contributed by atoms with E-state index in [4.69, 9.17) is 4.74 Å². The lowest BCUT2D eigenvalue weighted by molar-refractivity contribution is -0.123. The Balaban J connectivity index is 1.74. The molecule has 2 N–H and O–H groups in total. The summed E-state index contributed by atoms with van der Waals surface area (Å²) in [6.45, 7) is 3.69. The summed E-state index contributed by atoms with van der Waals surface area (Å²) in [5.74, 6) is 0.354. The maximum atomic E-state index is 12.0. The summed E-state index contributed by atoms with van der Waals surface area (Å²) in [6.07, 6.45) is 4.63. The van der Waals surface area contributed by atoms with Crippen LogP contribution in [0.5, 0.6) is 5.75 Å². The summed E-state index contributed by atoms with van der Waals surface area (Å²) in [5.41, 5.74) is 1.82.